The van der Waals surface area contributed by atoms with Crippen LogP contribution in [0.4, 0.5) is 0 Å². The average molecular weight is 204 g/mol. The molecule has 1 aromatic rings. The maximum absolute atomic E-state index is 3.84. The molecule has 1 aromatic heterocycles. The highest BCUT2D eigenvalue weighted by Crippen LogP contribution is 1.95. The van der Waals surface area contributed by atoms with Gasteiger partial charge in [0.15, 0.2) is 0 Å². The number of hydrogen-bond acceptors (Lipinski definition) is 2. The Morgan fingerprint density at radius 3 is 2.90 bits per heavy atom. The molecule has 3 nitrogen and oxygen atoms in total. The summed E-state index contributed by atoms with van der Waals surface area (Å²) in [7, 11) is 0. The molecule has 0 aliphatic carbocycles. The molecule has 1 heterocycles. The molecule has 0 fully saturated rings. The fourth-order valence-corrected chi connectivity index (χ4v) is 1.12. The standard InChI is InChI=1S/C6H10BrN3/c7-3-1-2-5-10-6-4-8-9-10/h4,6H,1-3,5H2. The van der Waals surface area contributed by atoms with Crippen molar-refractivity contribution in [3.63, 3.8) is 0 Å². The van der Waals surface area contributed by atoms with Gasteiger partial charge in [0.25, 0.3) is 0 Å². The van der Waals surface area contributed by atoms with Crippen molar-refractivity contribution < 1.29 is 0 Å². The van der Waals surface area contributed by atoms with Crippen molar-refractivity contribution in [2.45, 2.75) is 19.4 Å². The van der Waals surface area contributed by atoms with Crippen LogP contribution >= 0.6 is 15.9 Å². The minimum Gasteiger partial charge on any atom is -0.253 e. The molecule has 0 N–H and O–H groups in total. The lowest BCUT2D eigenvalue weighted by molar-refractivity contribution is 0.555. The van der Waals surface area contributed by atoms with Crippen LogP contribution in [0.3, 0.4) is 0 Å². The molecular weight excluding hydrogens is 194 g/mol. The maximum Gasteiger partial charge on any atom is 0.0692 e. The topological polar surface area (TPSA) is 30.7 Å². The van der Waals surface area contributed by atoms with Crippen molar-refractivity contribution in [2.75, 3.05) is 5.33 Å². The molecule has 0 amide bonds. The number of unbranched alkanes of at least 4 members (excludes halogenated alkanes) is 1. The third-order valence-electron chi connectivity index (χ3n) is 1.24. The van der Waals surface area contributed by atoms with Gasteiger partial charge in [-0.2, -0.15) is 0 Å². The summed E-state index contributed by atoms with van der Waals surface area (Å²) in [5, 5.41) is 8.61. The van der Waals surface area contributed by atoms with Crippen LogP contribution in [0.25, 0.3) is 0 Å². The third-order valence-corrected chi connectivity index (χ3v) is 1.80. The molecule has 0 aromatic carbocycles. The highest BCUT2D eigenvalue weighted by atomic mass is 79.9. The van der Waals surface area contributed by atoms with Crippen molar-refractivity contribution in [2.24, 2.45) is 0 Å². The van der Waals surface area contributed by atoms with Gasteiger partial charge < -0.3 is 0 Å². The molecule has 56 valence electrons. The van der Waals surface area contributed by atoms with Gasteiger partial charge in [0, 0.05) is 18.1 Å². The zero-order valence-corrected chi connectivity index (χ0v) is 7.29. The molecule has 0 atom stereocenters. The molecule has 10 heavy (non-hydrogen) atoms. The van der Waals surface area contributed by atoms with Crippen molar-refractivity contribution in [1.29, 1.82) is 0 Å². The van der Waals surface area contributed by atoms with E-state index in [2.05, 4.69) is 26.2 Å². The first-order chi connectivity index (χ1) is 4.93. The minimum absolute atomic E-state index is 0.978. The van der Waals surface area contributed by atoms with Gasteiger partial charge in [-0.05, 0) is 12.8 Å². The first-order valence-electron chi connectivity index (χ1n) is 3.33. The van der Waals surface area contributed by atoms with Crippen LogP contribution in [-0.2, 0) is 6.54 Å². The van der Waals surface area contributed by atoms with E-state index in [1.54, 1.807) is 6.20 Å². The van der Waals surface area contributed by atoms with Gasteiger partial charge in [-0.1, -0.05) is 21.1 Å². The Hall–Kier alpha value is -0.380. The normalized spacial score (nSPS) is 10.1. The van der Waals surface area contributed by atoms with Crippen LogP contribution < -0.4 is 0 Å². The summed E-state index contributed by atoms with van der Waals surface area (Å²) < 4.78 is 1.85. The van der Waals surface area contributed by atoms with Crippen molar-refractivity contribution >= 4 is 15.9 Å². The molecule has 4 heteroatoms. The second-order valence-corrected chi connectivity index (χ2v) is 2.86. The molecule has 0 saturated carbocycles. The maximum atomic E-state index is 3.84. The van der Waals surface area contributed by atoms with E-state index in [0.29, 0.717) is 0 Å². The zero-order chi connectivity index (χ0) is 7.23. The Bertz CT molecular complexity index is 162. The monoisotopic (exact) mass is 203 g/mol. The van der Waals surface area contributed by atoms with E-state index in [1.165, 1.54) is 6.42 Å². The smallest absolute Gasteiger partial charge is 0.0692 e. The van der Waals surface area contributed by atoms with E-state index in [4.69, 9.17) is 0 Å². The Labute approximate surface area is 68.6 Å². The van der Waals surface area contributed by atoms with E-state index in [9.17, 15) is 0 Å². The number of aromatic nitrogens is 3. The summed E-state index contributed by atoms with van der Waals surface area (Å²) >= 11 is 3.37. The highest BCUT2D eigenvalue weighted by molar-refractivity contribution is 9.09. The Morgan fingerprint density at radius 2 is 2.30 bits per heavy atom. The molecular formula is C6H10BrN3. The first-order valence-corrected chi connectivity index (χ1v) is 4.45. The lowest BCUT2D eigenvalue weighted by Crippen LogP contribution is -1.98. The lowest BCUT2D eigenvalue weighted by atomic mass is 10.3. The van der Waals surface area contributed by atoms with Crippen molar-refractivity contribution in [1.82, 2.24) is 15.0 Å². The number of alkyl halides is 1. The van der Waals surface area contributed by atoms with Crippen molar-refractivity contribution in [3.05, 3.63) is 12.4 Å². The predicted octanol–water partition coefficient (Wildman–Crippen LogP) is 1.45. The number of nitrogens with zero attached hydrogens (tertiary/aromatic N) is 3. The summed E-state index contributed by atoms with van der Waals surface area (Å²) in [6.45, 7) is 0.978. The van der Waals surface area contributed by atoms with Gasteiger partial charge in [-0.3, -0.25) is 4.68 Å². The summed E-state index contributed by atoms with van der Waals surface area (Å²) in [5.74, 6) is 0. The molecule has 0 spiro atoms. The van der Waals surface area contributed by atoms with Crippen LogP contribution in [0.15, 0.2) is 12.4 Å². The molecule has 0 bridgehead atoms. The van der Waals surface area contributed by atoms with Crippen molar-refractivity contribution in [3.8, 4) is 0 Å². The van der Waals surface area contributed by atoms with Crippen LogP contribution in [-0.4, -0.2) is 20.3 Å². The molecule has 0 unspecified atom stereocenters. The van der Waals surface area contributed by atoms with Gasteiger partial charge in [0.2, 0.25) is 0 Å². The summed E-state index contributed by atoms with van der Waals surface area (Å²) in [6.07, 6.45) is 5.94. The summed E-state index contributed by atoms with van der Waals surface area (Å²) in [5.41, 5.74) is 0. The van der Waals surface area contributed by atoms with Crippen LogP contribution in [0.2, 0.25) is 0 Å². The largest absolute Gasteiger partial charge is 0.253 e. The zero-order valence-electron chi connectivity index (χ0n) is 5.70. The Morgan fingerprint density at radius 1 is 1.40 bits per heavy atom. The van der Waals surface area contributed by atoms with Gasteiger partial charge in [-0.25, -0.2) is 0 Å². The van der Waals surface area contributed by atoms with E-state index >= 15 is 0 Å². The van der Waals surface area contributed by atoms with Gasteiger partial charge in [0.05, 0.1) is 6.20 Å². The van der Waals surface area contributed by atoms with E-state index in [-0.39, 0.29) is 0 Å². The van der Waals surface area contributed by atoms with E-state index in [0.717, 1.165) is 18.3 Å². The van der Waals surface area contributed by atoms with Gasteiger partial charge >= 0.3 is 0 Å². The van der Waals surface area contributed by atoms with Crippen LogP contribution in [0.1, 0.15) is 12.8 Å². The summed E-state index contributed by atoms with van der Waals surface area (Å²) in [6, 6.07) is 0. The quantitative estimate of drug-likeness (QED) is 0.549. The fourth-order valence-electron chi connectivity index (χ4n) is 0.720. The predicted molar refractivity (Wildman–Crippen MR) is 43.1 cm³/mol. The number of aryl methyl sites for hydroxylation is 1. The average Bonchev–Trinajstić information content (AvgIpc) is 2.41. The van der Waals surface area contributed by atoms with E-state index < -0.39 is 0 Å². The number of hydrogen-bond donors (Lipinski definition) is 0. The second kappa shape index (κ2) is 4.44. The molecule has 0 radical (unpaired) electrons. The number of rotatable bonds is 4. The van der Waals surface area contributed by atoms with Crippen LogP contribution in [0, 0.1) is 0 Å². The fraction of sp³-hybridized carbons (Fsp3) is 0.667. The van der Waals surface area contributed by atoms with E-state index in [1.807, 2.05) is 10.9 Å². The third kappa shape index (κ3) is 2.47. The molecule has 0 aliphatic heterocycles. The molecule has 0 saturated heterocycles. The second-order valence-electron chi connectivity index (χ2n) is 2.06. The molecule has 0 aliphatic rings. The molecule has 1 rings (SSSR count). The first kappa shape index (κ1) is 7.72. The Kier molecular flexibility index (Phi) is 3.43. The number of halogens is 1. The SMILES string of the molecule is BrCCCCn1ccnn1. The Balaban J connectivity index is 2.15. The van der Waals surface area contributed by atoms with Crippen LogP contribution in [0.5, 0.6) is 0 Å². The minimum atomic E-state index is 0.978. The van der Waals surface area contributed by atoms with Gasteiger partial charge in [-0.15, -0.1) is 5.10 Å². The lowest BCUT2D eigenvalue weighted by Gasteiger charge is -1.96. The van der Waals surface area contributed by atoms with Gasteiger partial charge in [0.1, 0.15) is 0 Å². The highest BCUT2D eigenvalue weighted by Gasteiger charge is 1.89. The summed E-state index contributed by atoms with van der Waals surface area (Å²) in [4.78, 5) is 0.